The van der Waals surface area contributed by atoms with Gasteiger partial charge in [0, 0.05) is 11.6 Å². The third-order valence-electron chi connectivity index (χ3n) is 3.17. The second kappa shape index (κ2) is 6.57. The molecule has 2 amide bonds. The fourth-order valence-corrected chi connectivity index (χ4v) is 2.48. The number of hydrogen-bond donors (Lipinski definition) is 2. The lowest BCUT2D eigenvalue weighted by molar-refractivity contribution is -0.385. The normalized spacial score (nSPS) is 10.2. The van der Waals surface area contributed by atoms with E-state index >= 15 is 0 Å². The summed E-state index contributed by atoms with van der Waals surface area (Å²) in [5.41, 5.74) is 6.28. The predicted molar refractivity (Wildman–Crippen MR) is 88.4 cm³/mol. The minimum Gasteiger partial charge on any atom is -0.366 e. The van der Waals surface area contributed by atoms with Gasteiger partial charge in [-0.1, -0.05) is 12.1 Å². The summed E-state index contributed by atoms with van der Waals surface area (Å²) in [5, 5.41) is 13.5. The third kappa shape index (κ3) is 3.54. The van der Waals surface area contributed by atoms with Crippen molar-refractivity contribution in [2.75, 3.05) is 5.32 Å². The number of hydrogen-bond acceptors (Lipinski definition) is 4. The van der Waals surface area contributed by atoms with Crippen molar-refractivity contribution in [1.29, 1.82) is 0 Å². The molecule has 23 heavy (non-hydrogen) atoms. The van der Waals surface area contributed by atoms with E-state index in [0.29, 0.717) is 5.56 Å². The van der Waals surface area contributed by atoms with Crippen molar-refractivity contribution < 1.29 is 14.5 Å². The lowest BCUT2D eigenvalue weighted by Crippen LogP contribution is -2.19. The number of nitrogens with two attached hydrogens (primary N) is 1. The van der Waals surface area contributed by atoms with Crippen LogP contribution < -0.4 is 11.1 Å². The Morgan fingerprint density at radius 3 is 2.57 bits per heavy atom. The van der Waals surface area contributed by atoms with Gasteiger partial charge in [-0.3, -0.25) is 19.7 Å². The summed E-state index contributed by atoms with van der Waals surface area (Å²) in [6.45, 7) is 1.69. The summed E-state index contributed by atoms with van der Waals surface area (Å²) in [4.78, 5) is 34.1. The highest BCUT2D eigenvalue weighted by atomic mass is 79.9. The van der Waals surface area contributed by atoms with Gasteiger partial charge in [0.15, 0.2) is 0 Å². The van der Waals surface area contributed by atoms with E-state index in [9.17, 15) is 19.7 Å². The van der Waals surface area contributed by atoms with Crippen molar-refractivity contribution in [3.05, 3.63) is 67.7 Å². The zero-order valence-corrected chi connectivity index (χ0v) is 13.6. The second-order valence-electron chi connectivity index (χ2n) is 4.74. The van der Waals surface area contributed by atoms with Crippen LogP contribution in [0.4, 0.5) is 11.4 Å². The molecule has 0 radical (unpaired) electrons. The molecule has 0 unspecified atom stereocenters. The van der Waals surface area contributed by atoms with Crippen LogP contribution in [0.1, 0.15) is 26.3 Å². The Morgan fingerprint density at radius 1 is 1.26 bits per heavy atom. The third-order valence-corrected chi connectivity index (χ3v) is 3.84. The summed E-state index contributed by atoms with van der Waals surface area (Å²) in [6.07, 6.45) is 0. The van der Waals surface area contributed by atoms with E-state index in [-0.39, 0.29) is 27.0 Å². The van der Waals surface area contributed by atoms with Crippen LogP contribution in [0.25, 0.3) is 0 Å². The maximum absolute atomic E-state index is 12.3. The van der Waals surface area contributed by atoms with E-state index in [0.717, 1.165) is 6.07 Å². The number of halogens is 1. The van der Waals surface area contributed by atoms with Crippen molar-refractivity contribution in [2.45, 2.75) is 6.92 Å². The fraction of sp³-hybridized carbons (Fsp3) is 0.0667. The number of rotatable bonds is 4. The average molecular weight is 378 g/mol. The molecule has 2 rings (SSSR count). The molecule has 0 saturated carbocycles. The molecular weight excluding hydrogens is 366 g/mol. The second-order valence-corrected chi connectivity index (χ2v) is 5.59. The Morgan fingerprint density at radius 2 is 1.96 bits per heavy atom. The van der Waals surface area contributed by atoms with Gasteiger partial charge in [0.1, 0.15) is 0 Å². The Balaban J connectivity index is 2.37. The molecule has 2 aromatic carbocycles. The number of nitro groups is 1. The number of anilines is 1. The smallest absolute Gasteiger partial charge is 0.284 e. The van der Waals surface area contributed by atoms with Gasteiger partial charge in [-0.25, -0.2) is 0 Å². The number of primary amides is 1. The van der Waals surface area contributed by atoms with Gasteiger partial charge in [0.05, 0.1) is 20.6 Å². The van der Waals surface area contributed by atoms with Crippen molar-refractivity contribution in [3.8, 4) is 0 Å². The van der Waals surface area contributed by atoms with Crippen LogP contribution in [-0.2, 0) is 0 Å². The molecule has 0 heterocycles. The van der Waals surface area contributed by atoms with Crippen molar-refractivity contribution >= 4 is 39.1 Å². The number of nitrogens with zero attached hydrogens (tertiary/aromatic N) is 1. The molecule has 0 aliphatic rings. The predicted octanol–water partition coefficient (Wildman–Crippen LogP) is 3.02. The summed E-state index contributed by atoms with van der Waals surface area (Å²) in [5.74, 6) is -1.24. The number of carbonyl (C=O) groups excluding carboxylic acids is 2. The number of aryl methyl sites for hydroxylation is 1. The van der Waals surface area contributed by atoms with Crippen LogP contribution in [0.2, 0.25) is 0 Å². The van der Waals surface area contributed by atoms with E-state index in [2.05, 4.69) is 21.2 Å². The maximum atomic E-state index is 12.3. The summed E-state index contributed by atoms with van der Waals surface area (Å²) in [6, 6.07) is 8.91. The van der Waals surface area contributed by atoms with Gasteiger partial charge in [0.2, 0.25) is 0 Å². The SMILES string of the molecule is Cc1cccc(NC(=O)c2ccc(Br)c([N+](=O)[O-])c2)c1C(N)=O. The maximum Gasteiger partial charge on any atom is 0.284 e. The first kappa shape index (κ1) is 16.6. The molecule has 3 N–H and O–H groups in total. The minimum absolute atomic E-state index is 0.0943. The highest BCUT2D eigenvalue weighted by molar-refractivity contribution is 9.10. The topological polar surface area (TPSA) is 115 Å². The van der Waals surface area contributed by atoms with Crippen LogP contribution in [0, 0.1) is 17.0 Å². The van der Waals surface area contributed by atoms with Crippen molar-refractivity contribution in [2.24, 2.45) is 5.73 Å². The van der Waals surface area contributed by atoms with Crippen LogP contribution in [0.5, 0.6) is 0 Å². The zero-order chi connectivity index (χ0) is 17.1. The van der Waals surface area contributed by atoms with Gasteiger partial charge in [-0.15, -0.1) is 0 Å². The van der Waals surface area contributed by atoms with E-state index in [1.54, 1.807) is 19.1 Å². The van der Waals surface area contributed by atoms with Crippen LogP contribution in [-0.4, -0.2) is 16.7 Å². The lowest BCUT2D eigenvalue weighted by atomic mass is 10.1. The molecule has 0 aliphatic carbocycles. The number of carbonyl (C=O) groups is 2. The highest BCUT2D eigenvalue weighted by Gasteiger charge is 2.18. The Bertz CT molecular complexity index is 820. The molecule has 0 atom stereocenters. The number of nitro benzene ring substituents is 1. The molecular formula is C15H12BrN3O4. The number of nitrogens with one attached hydrogen (secondary N) is 1. The van der Waals surface area contributed by atoms with E-state index in [1.165, 1.54) is 18.2 Å². The van der Waals surface area contributed by atoms with Crippen LogP contribution >= 0.6 is 15.9 Å². The first-order valence-electron chi connectivity index (χ1n) is 6.46. The lowest BCUT2D eigenvalue weighted by Gasteiger charge is -2.11. The van der Waals surface area contributed by atoms with Crippen LogP contribution in [0.15, 0.2) is 40.9 Å². The van der Waals surface area contributed by atoms with Gasteiger partial charge < -0.3 is 11.1 Å². The molecule has 118 valence electrons. The van der Waals surface area contributed by atoms with Crippen molar-refractivity contribution in [1.82, 2.24) is 0 Å². The largest absolute Gasteiger partial charge is 0.366 e. The molecule has 7 nitrogen and oxygen atoms in total. The van der Waals surface area contributed by atoms with Gasteiger partial charge >= 0.3 is 0 Å². The van der Waals surface area contributed by atoms with Gasteiger partial charge in [0.25, 0.3) is 17.5 Å². The molecule has 0 aliphatic heterocycles. The molecule has 0 bridgehead atoms. The molecule has 8 heteroatoms. The standard InChI is InChI=1S/C15H12BrN3O4/c1-8-3-2-4-11(13(8)14(17)20)18-15(21)9-5-6-10(16)12(7-9)19(22)23/h2-7H,1H3,(H2,17,20)(H,18,21). The number of amides is 2. The molecule has 0 fully saturated rings. The first-order chi connectivity index (χ1) is 10.8. The van der Waals surface area contributed by atoms with E-state index in [1.807, 2.05) is 0 Å². The Labute approximate surface area is 139 Å². The molecule has 0 spiro atoms. The summed E-state index contributed by atoms with van der Waals surface area (Å²) < 4.78 is 0.271. The monoisotopic (exact) mass is 377 g/mol. The Kier molecular flexibility index (Phi) is 4.75. The first-order valence-corrected chi connectivity index (χ1v) is 7.25. The molecule has 2 aromatic rings. The molecule has 0 saturated heterocycles. The van der Waals surface area contributed by atoms with Crippen molar-refractivity contribution in [3.63, 3.8) is 0 Å². The molecule has 0 aromatic heterocycles. The van der Waals surface area contributed by atoms with Gasteiger partial charge in [-0.05, 0) is 46.6 Å². The Hall–Kier alpha value is -2.74. The van der Waals surface area contributed by atoms with E-state index < -0.39 is 16.7 Å². The zero-order valence-electron chi connectivity index (χ0n) is 12.0. The van der Waals surface area contributed by atoms with Gasteiger partial charge in [-0.2, -0.15) is 0 Å². The van der Waals surface area contributed by atoms with Crippen LogP contribution in [0.3, 0.4) is 0 Å². The number of benzene rings is 2. The quantitative estimate of drug-likeness (QED) is 0.628. The fourth-order valence-electron chi connectivity index (χ4n) is 2.09. The average Bonchev–Trinajstić information content (AvgIpc) is 2.46. The summed E-state index contributed by atoms with van der Waals surface area (Å²) in [7, 11) is 0. The highest BCUT2D eigenvalue weighted by Crippen LogP contribution is 2.26. The van der Waals surface area contributed by atoms with E-state index in [4.69, 9.17) is 5.73 Å². The minimum atomic E-state index is -0.666. The summed E-state index contributed by atoms with van der Waals surface area (Å²) >= 11 is 3.05.